The molecular formula is C10H12N2O. The summed E-state index contributed by atoms with van der Waals surface area (Å²) in [6.45, 7) is 2.07. The summed E-state index contributed by atoms with van der Waals surface area (Å²) in [5, 5.41) is 16.3. The summed E-state index contributed by atoms with van der Waals surface area (Å²) in [5.41, 5.74) is 1.57. The fourth-order valence-electron chi connectivity index (χ4n) is 0.786. The van der Waals surface area contributed by atoms with Gasteiger partial charge in [0.1, 0.15) is 5.69 Å². The van der Waals surface area contributed by atoms with Crippen molar-refractivity contribution in [1.29, 1.82) is 0 Å². The van der Waals surface area contributed by atoms with Gasteiger partial charge in [-0.1, -0.05) is 5.92 Å². The molecule has 1 aromatic heterocycles. The van der Waals surface area contributed by atoms with E-state index < -0.39 is 0 Å². The summed E-state index contributed by atoms with van der Waals surface area (Å²) < 4.78 is 0. The lowest BCUT2D eigenvalue weighted by Gasteiger charge is -1.89. The predicted molar refractivity (Wildman–Crippen MR) is 50.0 cm³/mol. The van der Waals surface area contributed by atoms with E-state index in [1.807, 2.05) is 19.1 Å². The van der Waals surface area contributed by atoms with Crippen LogP contribution in [0.2, 0.25) is 0 Å². The molecule has 1 heterocycles. The van der Waals surface area contributed by atoms with E-state index in [0.717, 1.165) is 5.69 Å². The van der Waals surface area contributed by atoms with Crippen LogP contribution < -0.4 is 0 Å². The van der Waals surface area contributed by atoms with E-state index in [-0.39, 0.29) is 6.61 Å². The van der Waals surface area contributed by atoms with Crippen molar-refractivity contribution >= 4 is 0 Å². The lowest BCUT2D eigenvalue weighted by Crippen LogP contribution is -1.88. The van der Waals surface area contributed by atoms with E-state index in [0.29, 0.717) is 18.5 Å². The molecule has 0 aliphatic carbocycles. The van der Waals surface area contributed by atoms with Gasteiger partial charge in [0.15, 0.2) is 0 Å². The van der Waals surface area contributed by atoms with Crippen LogP contribution in [-0.2, 0) is 0 Å². The van der Waals surface area contributed by atoms with Crippen LogP contribution in [0.15, 0.2) is 12.1 Å². The molecule has 68 valence electrons. The molecule has 0 aliphatic heterocycles. The van der Waals surface area contributed by atoms with Crippen molar-refractivity contribution in [3.8, 4) is 11.8 Å². The molecule has 0 aromatic carbocycles. The van der Waals surface area contributed by atoms with E-state index in [4.69, 9.17) is 5.11 Å². The number of hydrogen-bond donors (Lipinski definition) is 1. The molecule has 1 N–H and O–H groups in total. The van der Waals surface area contributed by atoms with Gasteiger partial charge < -0.3 is 5.11 Å². The zero-order chi connectivity index (χ0) is 9.52. The Morgan fingerprint density at radius 1 is 1.38 bits per heavy atom. The fourth-order valence-corrected chi connectivity index (χ4v) is 0.786. The predicted octanol–water partition coefficient (Wildman–Crippen LogP) is 0.909. The number of aliphatic hydroxyl groups excluding tert-OH is 1. The average Bonchev–Trinajstić information content (AvgIpc) is 2.15. The first-order chi connectivity index (χ1) is 6.33. The van der Waals surface area contributed by atoms with Gasteiger partial charge in [0.05, 0.1) is 5.69 Å². The topological polar surface area (TPSA) is 46.0 Å². The molecule has 0 saturated carbocycles. The molecule has 1 aromatic rings. The highest BCUT2D eigenvalue weighted by Gasteiger charge is 1.88. The third-order valence-corrected chi connectivity index (χ3v) is 1.47. The van der Waals surface area contributed by atoms with Crippen molar-refractivity contribution in [2.75, 3.05) is 6.61 Å². The summed E-state index contributed by atoms with van der Waals surface area (Å²) in [6, 6.07) is 3.72. The Labute approximate surface area is 77.8 Å². The van der Waals surface area contributed by atoms with Gasteiger partial charge in [-0.3, -0.25) is 0 Å². The highest BCUT2D eigenvalue weighted by atomic mass is 16.2. The summed E-state index contributed by atoms with van der Waals surface area (Å²) >= 11 is 0. The average molecular weight is 176 g/mol. The van der Waals surface area contributed by atoms with Gasteiger partial charge in [-0.15, -0.1) is 5.10 Å². The van der Waals surface area contributed by atoms with Crippen LogP contribution in [0.4, 0.5) is 0 Å². The Kier molecular flexibility index (Phi) is 3.94. The number of unbranched alkanes of at least 4 members (excludes halogenated alkanes) is 1. The largest absolute Gasteiger partial charge is 0.396 e. The summed E-state index contributed by atoms with van der Waals surface area (Å²) in [4.78, 5) is 0. The maximum Gasteiger partial charge on any atom is 0.135 e. The summed E-state index contributed by atoms with van der Waals surface area (Å²) in [7, 11) is 0. The number of hydrogen-bond acceptors (Lipinski definition) is 3. The minimum absolute atomic E-state index is 0.189. The molecule has 0 bridgehead atoms. The van der Waals surface area contributed by atoms with Crippen LogP contribution in [0.1, 0.15) is 24.2 Å². The Balaban J connectivity index is 2.52. The highest BCUT2D eigenvalue weighted by Crippen LogP contribution is 1.93. The molecular weight excluding hydrogens is 164 g/mol. The SMILES string of the molecule is Cc1ccc(C#CCCCO)nn1. The van der Waals surface area contributed by atoms with Gasteiger partial charge in [-0.05, 0) is 31.4 Å². The second-order valence-electron chi connectivity index (χ2n) is 2.69. The quantitative estimate of drug-likeness (QED) is 0.538. The number of rotatable bonds is 2. The number of nitrogens with zero attached hydrogens (tertiary/aromatic N) is 2. The molecule has 0 amide bonds. The standard InChI is InChI=1S/C10H12N2O/c1-9-6-7-10(12-11-9)5-3-2-4-8-13/h6-7,13H,2,4,8H2,1H3. The summed E-state index contributed by atoms with van der Waals surface area (Å²) in [5.74, 6) is 5.78. The molecule has 0 aliphatic rings. The molecule has 13 heavy (non-hydrogen) atoms. The van der Waals surface area contributed by atoms with Gasteiger partial charge in [0.2, 0.25) is 0 Å². The zero-order valence-corrected chi connectivity index (χ0v) is 7.62. The number of aromatic nitrogens is 2. The normalized spacial score (nSPS) is 9.08. The van der Waals surface area contributed by atoms with E-state index in [9.17, 15) is 0 Å². The summed E-state index contributed by atoms with van der Waals surface area (Å²) in [6.07, 6.45) is 1.42. The maximum absolute atomic E-state index is 8.50. The third-order valence-electron chi connectivity index (χ3n) is 1.47. The molecule has 3 nitrogen and oxygen atoms in total. The minimum Gasteiger partial charge on any atom is -0.396 e. The monoisotopic (exact) mass is 176 g/mol. The van der Waals surface area contributed by atoms with Crippen LogP contribution in [0.25, 0.3) is 0 Å². The number of aryl methyl sites for hydroxylation is 1. The molecule has 0 spiro atoms. The first-order valence-electron chi connectivity index (χ1n) is 4.23. The van der Waals surface area contributed by atoms with Gasteiger partial charge >= 0.3 is 0 Å². The van der Waals surface area contributed by atoms with Gasteiger partial charge in [-0.25, -0.2) is 0 Å². The molecule has 1 rings (SSSR count). The smallest absolute Gasteiger partial charge is 0.135 e. The third kappa shape index (κ3) is 3.68. The minimum atomic E-state index is 0.189. The molecule has 0 unspecified atom stereocenters. The van der Waals surface area contributed by atoms with Crippen LogP contribution in [0.5, 0.6) is 0 Å². The lowest BCUT2D eigenvalue weighted by molar-refractivity contribution is 0.290. The van der Waals surface area contributed by atoms with E-state index in [1.165, 1.54) is 0 Å². The molecule has 0 radical (unpaired) electrons. The van der Waals surface area contributed by atoms with Gasteiger partial charge in [0, 0.05) is 13.0 Å². The van der Waals surface area contributed by atoms with Gasteiger partial charge in [0.25, 0.3) is 0 Å². The zero-order valence-electron chi connectivity index (χ0n) is 7.62. The van der Waals surface area contributed by atoms with Crippen LogP contribution in [-0.4, -0.2) is 21.9 Å². The molecule has 0 atom stereocenters. The first-order valence-corrected chi connectivity index (χ1v) is 4.23. The first kappa shape index (κ1) is 9.69. The van der Waals surface area contributed by atoms with Crippen LogP contribution in [0, 0.1) is 18.8 Å². The second-order valence-corrected chi connectivity index (χ2v) is 2.69. The van der Waals surface area contributed by atoms with Crippen molar-refractivity contribution in [2.45, 2.75) is 19.8 Å². The van der Waals surface area contributed by atoms with E-state index >= 15 is 0 Å². The Morgan fingerprint density at radius 2 is 2.23 bits per heavy atom. The maximum atomic E-state index is 8.50. The van der Waals surface area contributed by atoms with Crippen molar-refractivity contribution in [3.63, 3.8) is 0 Å². The number of aliphatic hydroxyl groups is 1. The van der Waals surface area contributed by atoms with Crippen molar-refractivity contribution < 1.29 is 5.11 Å². The van der Waals surface area contributed by atoms with Gasteiger partial charge in [-0.2, -0.15) is 5.10 Å². The molecule has 0 fully saturated rings. The van der Waals surface area contributed by atoms with Crippen molar-refractivity contribution in [2.24, 2.45) is 0 Å². The Hall–Kier alpha value is -1.40. The lowest BCUT2D eigenvalue weighted by atomic mass is 10.3. The molecule has 3 heteroatoms. The van der Waals surface area contributed by atoms with Crippen molar-refractivity contribution in [1.82, 2.24) is 10.2 Å². The van der Waals surface area contributed by atoms with E-state index in [1.54, 1.807) is 0 Å². The second kappa shape index (κ2) is 5.28. The Bertz CT molecular complexity index is 308. The van der Waals surface area contributed by atoms with Crippen LogP contribution in [0.3, 0.4) is 0 Å². The van der Waals surface area contributed by atoms with Crippen LogP contribution >= 0.6 is 0 Å². The highest BCUT2D eigenvalue weighted by molar-refractivity contribution is 5.26. The Morgan fingerprint density at radius 3 is 2.85 bits per heavy atom. The fraction of sp³-hybridized carbons (Fsp3) is 0.400. The molecule has 0 saturated heterocycles. The van der Waals surface area contributed by atoms with E-state index in [2.05, 4.69) is 22.0 Å². The van der Waals surface area contributed by atoms with Crippen molar-refractivity contribution in [3.05, 3.63) is 23.5 Å².